The smallest absolute Gasteiger partial charge is 0.338 e. The minimum atomic E-state index is -0.957. The quantitative estimate of drug-likeness (QED) is 0.590. The summed E-state index contributed by atoms with van der Waals surface area (Å²) >= 11 is 0. The molecule has 0 spiro atoms. The molecule has 3 aromatic carbocycles. The van der Waals surface area contributed by atoms with E-state index in [1.165, 1.54) is 0 Å². The first-order valence-electron chi connectivity index (χ1n) is 9.46. The molecule has 3 heteroatoms. The van der Waals surface area contributed by atoms with Crippen LogP contribution in [0.1, 0.15) is 60.0 Å². The maximum atomic E-state index is 12.8. The molecule has 2 atom stereocenters. The molecule has 0 aromatic heterocycles. The lowest BCUT2D eigenvalue weighted by atomic mass is 9.87. The number of rotatable bonds is 5. The lowest BCUT2D eigenvalue weighted by molar-refractivity contribution is -0.0209. The van der Waals surface area contributed by atoms with E-state index in [0.29, 0.717) is 11.1 Å². The molecule has 3 rings (SSSR count). The summed E-state index contributed by atoms with van der Waals surface area (Å²) in [6.45, 7) is 6.38. The molecule has 0 radical (unpaired) electrons. The number of hydrogen-bond donors (Lipinski definition) is 1. The zero-order chi connectivity index (χ0) is 20.1. The Kier molecular flexibility index (Phi) is 5.96. The fourth-order valence-electron chi connectivity index (χ4n) is 3.07. The highest BCUT2D eigenvalue weighted by atomic mass is 16.6. The van der Waals surface area contributed by atoms with E-state index in [1.807, 2.05) is 72.8 Å². The van der Waals surface area contributed by atoms with E-state index in [2.05, 4.69) is 20.8 Å². The molecule has 28 heavy (non-hydrogen) atoms. The predicted octanol–water partition coefficient (Wildman–Crippen LogP) is 5.62. The van der Waals surface area contributed by atoms with Crippen molar-refractivity contribution in [1.82, 2.24) is 0 Å². The number of carbonyl (C=O) groups is 1. The van der Waals surface area contributed by atoms with E-state index in [0.717, 1.165) is 11.1 Å². The van der Waals surface area contributed by atoms with Crippen LogP contribution >= 0.6 is 0 Å². The summed E-state index contributed by atoms with van der Waals surface area (Å²) in [6, 6.07) is 26.0. The molecule has 0 saturated heterocycles. The molecule has 0 bridgehead atoms. The Hall–Kier alpha value is -2.91. The third kappa shape index (κ3) is 4.68. The molecule has 0 amide bonds. The number of benzene rings is 3. The van der Waals surface area contributed by atoms with Gasteiger partial charge in [0.1, 0.15) is 6.10 Å². The van der Waals surface area contributed by atoms with E-state index < -0.39 is 18.2 Å². The van der Waals surface area contributed by atoms with Crippen molar-refractivity contribution in [3.8, 4) is 0 Å². The minimum absolute atomic E-state index is 0.0124. The number of aliphatic hydroxyl groups is 1. The monoisotopic (exact) mass is 374 g/mol. The number of hydrogen-bond acceptors (Lipinski definition) is 3. The van der Waals surface area contributed by atoms with Crippen molar-refractivity contribution < 1.29 is 14.6 Å². The average molecular weight is 374 g/mol. The van der Waals surface area contributed by atoms with Crippen LogP contribution in [0.3, 0.4) is 0 Å². The Morgan fingerprint density at radius 3 is 1.79 bits per heavy atom. The van der Waals surface area contributed by atoms with Crippen LogP contribution in [0.4, 0.5) is 0 Å². The molecule has 144 valence electrons. The largest absolute Gasteiger partial charge is 0.451 e. The summed E-state index contributed by atoms with van der Waals surface area (Å²) in [7, 11) is 0. The number of aliphatic hydroxyl groups excluding tert-OH is 1. The molecule has 0 saturated carbocycles. The van der Waals surface area contributed by atoms with Crippen LogP contribution in [-0.2, 0) is 10.2 Å². The van der Waals surface area contributed by atoms with Crippen molar-refractivity contribution >= 4 is 5.97 Å². The fourth-order valence-corrected chi connectivity index (χ4v) is 3.07. The molecular formula is C25H26O3. The first kappa shape index (κ1) is 19.8. The first-order valence-corrected chi connectivity index (χ1v) is 9.46. The molecule has 0 fully saturated rings. The van der Waals surface area contributed by atoms with Gasteiger partial charge in [-0.2, -0.15) is 0 Å². The summed E-state index contributed by atoms with van der Waals surface area (Å²) in [5.74, 6) is -0.454. The highest BCUT2D eigenvalue weighted by molar-refractivity contribution is 5.89. The molecule has 1 N–H and O–H groups in total. The van der Waals surface area contributed by atoms with Gasteiger partial charge < -0.3 is 9.84 Å². The van der Waals surface area contributed by atoms with Crippen LogP contribution in [0.5, 0.6) is 0 Å². The van der Waals surface area contributed by atoms with Crippen LogP contribution in [0, 0.1) is 0 Å². The molecule has 3 aromatic rings. The zero-order valence-corrected chi connectivity index (χ0v) is 16.5. The van der Waals surface area contributed by atoms with Gasteiger partial charge in [-0.3, -0.25) is 0 Å². The molecule has 3 nitrogen and oxygen atoms in total. The molecule has 0 aliphatic rings. The first-order chi connectivity index (χ1) is 13.4. The Bertz CT molecular complexity index is 894. The van der Waals surface area contributed by atoms with Crippen LogP contribution in [0.2, 0.25) is 0 Å². The van der Waals surface area contributed by atoms with Crippen LogP contribution in [-0.4, -0.2) is 11.1 Å². The summed E-state index contributed by atoms with van der Waals surface area (Å²) in [4.78, 5) is 12.8. The van der Waals surface area contributed by atoms with E-state index in [1.54, 1.807) is 12.1 Å². The number of carbonyl (C=O) groups excluding carboxylic acids is 1. The molecule has 0 unspecified atom stereocenters. The minimum Gasteiger partial charge on any atom is -0.451 e. The Balaban J connectivity index is 1.86. The molecule has 0 heterocycles. The second-order valence-electron chi connectivity index (χ2n) is 7.92. The van der Waals surface area contributed by atoms with Crippen molar-refractivity contribution in [2.75, 3.05) is 0 Å². The Labute approximate surface area is 166 Å². The molecular weight excluding hydrogens is 348 g/mol. The number of esters is 1. The van der Waals surface area contributed by atoms with E-state index in [-0.39, 0.29) is 5.41 Å². The molecule has 0 aliphatic carbocycles. The normalized spacial score (nSPS) is 13.6. The predicted molar refractivity (Wildman–Crippen MR) is 111 cm³/mol. The van der Waals surface area contributed by atoms with Gasteiger partial charge in [0, 0.05) is 0 Å². The third-order valence-electron chi connectivity index (χ3n) is 4.78. The van der Waals surface area contributed by atoms with Gasteiger partial charge in [0.05, 0.1) is 5.56 Å². The van der Waals surface area contributed by atoms with Crippen molar-refractivity contribution in [3.63, 3.8) is 0 Å². The maximum Gasteiger partial charge on any atom is 0.338 e. The van der Waals surface area contributed by atoms with E-state index >= 15 is 0 Å². The summed E-state index contributed by atoms with van der Waals surface area (Å²) < 4.78 is 5.78. The van der Waals surface area contributed by atoms with Crippen LogP contribution in [0.15, 0.2) is 84.9 Å². The van der Waals surface area contributed by atoms with Gasteiger partial charge in [0.2, 0.25) is 0 Å². The zero-order valence-electron chi connectivity index (χ0n) is 16.5. The summed E-state index contributed by atoms with van der Waals surface area (Å²) in [6.07, 6.45) is -1.75. The highest BCUT2D eigenvalue weighted by Crippen LogP contribution is 2.33. The standard InChI is InChI=1S/C25H26O3/c1-25(2,3)21-16-14-20(15-17-21)24(27)28-23(19-12-8-5-9-13-19)22(26)18-10-6-4-7-11-18/h4-17,22-23,26H,1-3H3/t22-,23+/m1/s1. The van der Waals surface area contributed by atoms with Gasteiger partial charge in [-0.15, -0.1) is 0 Å². The van der Waals surface area contributed by atoms with Gasteiger partial charge in [0.15, 0.2) is 6.10 Å². The van der Waals surface area contributed by atoms with Crippen molar-refractivity contribution in [2.24, 2.45) is 0 Å². The highest BCUT2D eigenvalue weighted by Gasteiger charge is 2.27. The van der Waals surface area contributed by atoms with Crippen LogP contribution in [0.25, 0.3) is 0 Å². The van der Waals surface area contributed by atoms with Gasteiger partial charge >= 0.3 is 5.97 Å². The maximum absolute atomic E-state index is 12.8. The van der Waals surface area contributed by atoms with Crippen molar-refractivity contribution in [3.05, 3.63) is 107 Å². The average Bonchev–Trinajstić information content (AvgIpc) is 2.72. The van der Waals surface area contributed by atoms with Gasteiger partial charge in [0.25, 0.3) is 0 Å². The second kappa shape index (κ2) is 8.41. The lowest BCUT2D eigenvalue weighted by Gasteiger charge is -2.24. The molecule has 0 aliphatic heterocycles. The summed E-state index contributed by atoms with van der Waals surface area (Å²) in [5, 5.41) is 10.9. The van der Waals surface area contributed by atoms with Crippen molar-refractivity contribution in [2.45, 2.75) is 38.4 Å². The topological polar surface area (TPSA) is 46.5 Å². The second-order valence-corrected chi connectivity index (χ2v) is 7.92. The van der Waals surface area contributed by atoms with E-state index in [4.69, 9.17) is 4.74 Å². The van der Waals surface area contributed by atoms with Crippen LogP contribution < -0.4 is 0 Å². The van der Waals surface area contributed by atoms with E-state index in [9.17, 15) is 9.90 Å². The SMILES string of the molecule is CC(C)(C)c1ccc(C(=O)O[C@@H](c2ccccc2)[C@H](O)c2ccccc2)cc1. The third-order valence-corrected chi connectivity index (χ3v) is 4.78. The Morgan fingerprint density at radius 2 is 1.29 bits per heavy atom. The number of ether oxygens (including phenoxy) is 1. The fraction of sp³-hybridized carbons (Fsp3) is 0.240. The van der Waals surface area contributed by atoms with Crippen molar-refractivity contribution in [1.29, 1.82) is 0 Å². The lowest BCUT2D eigenvalue weighted by Crippen LogP contribution is -2.19. The summed E-state index contributed by atoms with van der Waals surface area (Å²) in [5.41, 5.74) is 3.08. The Morgan fingerprint density at radius 1 is 0.786 bits per heavy atom. The van der Waals surface area contributed by atoms with Gasteiger partial charge in [-0.05, 0) is 34.2 Å². The van der Waals surface area contributed by atoms with Gasteiger partial charge in [-0.1, -0.05) is 93.6 Å². The van der Waals surface area contributed by atoms with Gasteiger partial charge in [-0.25, -0.2) is 4.79 Å².